The molecule has 7 nitrogen and oxygen atoms in total. The van der Waals surface area contributed by atoms with Crippen LogP contribution in [0, 0.1) is 13.8 Å². The van der Waals surface area contributed by atoms with Gasteiger partial charge in [0.15, 0.2) is 0 Å². The molecule has 1 N–H and O–H groups in total. The molecule has 31 heavy (non-hydrogen) atoms. The van der Waals surface area contributed by atoms with Gasteiger partial charge in [0.1, 0.15) is 0 Å². The van der Waals surface area contributed by atoms with Crippen LogP contribution >= 0.6 is 0 Å². The quantitative estimate of drug-likeness (QED) is 0.687. The largest absolute Gasteiger partial charge is 0.376 e. The van der Waals surface area contributed by atoms with E-state index in [2.05, 4.69) is 58.4 Å². The van der Waals surface area contributed by atoms with E-state index in [1.807, 2.05) is 24.0 Å². The SMILES string of the molecule is Cc1nn(C)c(C)c1CN1CC[C@@]2(COCc3cnc(NCc4ccccc4)nc32)C1. The smallest absolute Gasteiger partial charge is 0.223 e. The van der Waals surface area contributed by atoms with Crippen molar-refractivity contribution in [3.05, 3.63) is 70.3 Å². The molecule has 2 aromatic heterocycles. The van der Waals surface area contributed by atoms with Crippen LogP contribution in [0.5, 0.6) is 0 Å². The maximum atomic E-state index is 6.01. The first-order valence-corrected chi connectivity index (χ1v) is 11.0. The first kappa shape index (κ1) is 20.2. The Morgan fingerprint density at radius 1 is 1.19 bits per heavy atom. The van der Waals surface area contributed by atoms with Gasteiger partial charge in [-0.3, -0.25) is 9.58 Å². The molecule has 1 atom stereocenters. The number of nitrogens with one attached hydrogen (secondary N) is 1. The number of hydrogen-bond acceptors (Lipinski definition) is 6. The Morgan fingerprint density at radius 3 is 2.81 bits per heavy atom. The van der Waals surface area contributed by atoms with Gasteiger partial charge in [-0.15, -0.1) is 0 Å². The fourth-order valence-corrected chi connectivity index (χ4v) is 4.93. The van der Waals surface area contributed by atoms with Crippen LogP contribution in [0.3, 0.4) is 0 Å². The maximum absolute atomic E-state index is 6.01. The van der Waals surface area contributed by atoms with Crippen LogP contribution in [-0.4, -0.2) is 44.3 Å². The van der Waals surface area contributed by atoms with Gasteiger partial charge < -0.3 is 10.1 Å². The number of anilines is 1. The monoisotopic (exact) mass is 418 g/mol. The van der Waals surface area contributed by atoms with Gasteiger partial charge in [-0.1, -0.05) is 30.3 Å². The molecule has 2 aliphatic heterocycles. The zero-order valence-corrected chi connectivity index (χ0v) is 18.6. The van der Waals surface area contributed by atoms with Crippen LogP contribution < -0.4 is 5.32 Å². The molecule has 1 spiro atoms. The minimum Gasteiger partial charge on any atom is -0.376 e. The number of aryl methyl sites for hydroxylation is 2. The summed E-state index contributed by atoms with van der Waals surface area (Å²) in [6.07, 6.45) is 2.99. The molecule has 0 amide bonds. The summed E-state index contributed by atoms with van der Waals surface area (Å²) < 4.78 is 7.99. The molecule has 0 bridgehead atoms. The normalized spacial score (nSPS) is 20.9. The number of likely N-dealkylation sites (tertiary alicyclic amines) is 1. The summed E-state index contributed by atoms with van der Waals surface area (Å²) in [5.41, 5.74) is 7.13. The molecule has 0 unspecified atom stereocenters. The lowest BCUT2D eigenvalue weighted by Gasteiger charge is -2.34. The first-order chi connectivity index (χ1) is 15.0. The van der Waals surface area contributed by atoms with E-state index in [1.54, 1.807) is 0 Å². The van der Waals surface area contributed by atoms with Crippen LogP contribution in [0.15, 0.2) is 36.5 Å². The van der Waals surface area contributed by atoms with Crippen molar-refractivity contribution in [2.75, 3.05) is 25.0 Å². The van der Waals surface area contributed by atoms with E-state index in [1.165, 1.54) is 16.8 Å². The number of rotatable bonds is 5. The molecule has 1 fully saturated rings. The average Bonchev–Trinajstić information content (AvgIpc) is 3.29. The summed E-state index contributed by atoms with van der Waals surface area (Å²) in [7, 11) is 2.02. The van der Waals surface area contributed by atoms with Crippen molar-refractivity contribution in [3.8, 4) is 0 Å². The van der Waals surface area contributed by atoms with Gasteiger partial charge in [0.2, 0.25) is 5.95 Å². The second-order valence-electron chi connectivity index (χ2n) is 8.91. The Bertz CT molecular complexity index is 1080. The molecule has 162 valence electrons. The zero-order valence-electron chi connectivity index (χ0n) is 18.6. The van der Waals surface area contributed by atoms with Crippen molar-refractivity contribution in [2.24, 2.45) is 7.05 Å². The van der Waals surface area contributed by atoms with Crippen LogP contribution in [0.25, 0.3) is 0 Å². The third kappa shape index (κ3) is 3.83. The van der Waals surface area contributed by atoms with E-state index in [-0.39, 0.29) is 5.41 Å². The number of benzene rings is 1. The van der Waals surface area contributed by atoms with Gasteiger partial charge in [-0.2, -0.15) is 5.10 Å². The van der Waals surface area contributed by atoms with Crippen LogP contribution in [0.2, 0.25) is 0 Å². The Labute approximate surface area is 183 Å². The van der Waals surface area contributed by atoms with E-state index < -0.39 is 0 Å². The van der Waals surface area contributed by atoms with E-state index in [9.17, 15) is 0 Å². The number of nitrogens with zero attached hydrogens (tertiary/aromatic N) is 5. The number of ether oxygens (including phenoxy) is 1. The topological polar surface area (TPSA) is 68.1 Å². The van der Waals surface area contributed by atoms with Gasteiger partial charge in [0, 0.05) is 49.7 Å². The minimum atomic E-state index is -0.0658. The minimum absolute atomic E-state index is 0.0658. The highest BCUT2D eigenvalue weighted by Crippen LogP contribution is 2.40. The highest BCUT2D eigenvalue weighted by molar-refractivity contribution is 5.37. The fourth-order valence-electron chi connectivity index (χ4n) is 4.93. The molecule has 2 aliphatic rings. The third-order valence-electron chi connectivity index (χ3n) is 6.77. The molecular weight excluding hydrogens is 388 g/mol. The lowest BCUT2D eigenvalue weighted by atomic mass is 9.80. The Morgan fingerprint density at radius 2 is 2.03 bits per heavy atom. The molecule has 1 aromatic carbocycles. The molecule has 0 saturated carbocycles. The highest BCUT2D eigenvalue weighted by Gasteiger charge is 2.45. The van der Waals surface area contributed by atoms with Crippen LogP contribution in [0.4, 0.5) is 5.95 Å². The lowest BCUT2D eigenvalue weighted by Crippen LogP contribution is -2.40. The Hall–Kier alpha value is -2.77. The second kappa shape index (κ2) is 8.05. The summed E-state index contributed by atoms with van der Waals surface area (Å²) in [4.78, 5) is 12.1. The van der Waals surface area contributed by atoms with Crippen molar-refractivity contribution in [1.82, 2.24) is 24.6 Å². The summed E-state index contributed by atoms with van der Waals surface area (Å²) in [5, 5.41) is 7.98. The van der Waals surface area contributed by atoms with Crippen molar-refractivity contribution in [3.63, 3.8) is 0 Å². The standard InChI is InChI=1S/C24H30N6O/c1-17-21(18(2)29(3)28-17)13-30-10-9-24(15-30)16-31-14-20-12-26-23(27-22(20)24)25-11-19-7-5-4-6-8-19/h4-8,12H,9-11,13-16H2,1-3H3,(H,25,26,27)/t24-/m0/s1. The van der Waals surface area contributed by atoms with Crippen LogP contribution in [-0.2, 0) is 36.9 Å². The van der Waals surface area contributed by atoms with Crippen molar-refractivity contribution < 1.29 is 4.74 Å². The molecule has 7 heteroatoms. The summed E-state index contributed by atoms with van der Waals surface area (Å²) in [5.74, 6) is 0.696. The van der Waals surface area contributed by atoms with E-state index >= 15 is 0 Å². The summed E-state index contributed by atoms with van der Waals surface area (Å²) in [6.45, 7) is 9.19. The summed E-state index contributed by atoms with van der Waals surface area (Å²) >= 11 is 0. The van der Waals surface area contributed by atoms with Crippen LogP contribution in [0.1, 0.15) is 40.2 Å². The zero-order chi connectivity index (χ0) is 21.4. The number of hydrogen-bond donors (Lipinski definition) is 1. The van der Waals surface area contributed by atoms with Crippen molar-refractivity contribution >= 4 is 5.95 Å². The van der Waals surface area contributed by atoms with Gasteiger partial charge in [0.25, 0.3) is 0 Å². The number of aromatic nitrogens is 4. The predicted octanol–water partition coefficient (Wildman–Crippen LogP) is 3.11. The van der Waals surface area contributed by atoms with E-state index in [0.717, 1.165) is 56.2 Å². The third-order valence-corrected chi connectivity index (χ3v) is 6.77. The first-order valence-electron chi connectivity index (χ1n) is 11.0. The van der Waals surface area contributed by atoms with E-state index in [4.69, 9.17) is 9.72 Å². The molecular formula is C24H30N6O. The second-order valence-corrected chi connectivity index (χ2v) is 8.91. The van der Waals surface area contributed by atoms with Gasteiger partial charge in [0.05, 0.1) is 30.0 Å². The molecule has 1 saturated heterocycles. The summed E-state index contributed by atoms with van der Waals surface area (Å²) in [6, 6.07) is 10.4. The fraction of sp³-hybridized carbons (Fsp3) is 0.458. The molecule has 5 rings (SSSR count). The van der Waals surface area contributed by atoms with Gasteiger partial charge in [-0.05, 0) is 32.4 Å². The molecule has 0 aliphatic carbocycles. The number of fused-ring (bicyclic) bond motifs is 2. The van der Waals surface area contributed by atoms with Crippen molar-refractivity contribution in [2.45, 2.75) is 45.4 Å². The van der Waals surface area contributed by atoms with E-state index in [0.29, 0.717) is 12.6 Å². The van der Waals surface area contributed by atoms with Gasteiger partial charge >= 0.3 is 0 Å². The lowest BCUT2D eigenvalue weighted by molar-refractivity contribution is 0.0503. The maximum Gasteiger partial charge on any atom is 0.223 e. The molecule has 3 aromatic rings. The molecule has 4 heterocycles. The molecule has 0 radical (unpaired) electrons. The van der Waals surface area contributed by atoms with Gasteiger partial charge in [-0.25, -0.2) is 9.97 Å². The Kier molecular flexibility index (Phi) is 5.24. The van der Waals surface area contributed by atoms with Crippen molar-refractivity contribution in [1.29, 1.82) is 0 Å². The highest BCUT2D eigenvalue weighted by atomic mass is 16.5. The average molecular weight is 419 g/mol. The Balaban J connectivity index is 1.35. The predicted molar refractivity (Wildman–Crippen MR) is 120 cm³/mol.